The number of fused-ring (bicyclic) bond motifs is 1. The Balaban J connectivity index is 1.70. The summed E-state index contributed by atoms with van der Waals surface area (Å²) in [5.74, 6) is 0.748. The third-order valence-corrected chi connectivity index (χ3v) is 4.08. The van der Waals surface area contributed by atoms with Crippen molar-refractivity contribution in [2.45, 2.75) is 19.4 Å². The maximum Gasteiger partial charge on any atom is 0.258 e. The van der Waals surface area contributed by atoms with Crippen LogP contribution in [0.1, 0.15) is 18.5 Å². The fourth-order valence-electron chi connectivity index (χ4n) is 3.03. The van der Waals surface area contributed by atoms with Crippen molar-refractivity contribution in [3.8, 4) is 0 Å². The van der Waals surface area contributed by atoms with E-state index < -0.39 is 0 Å². The second-order valence-electron chi connectivity index (χ2n) is 5.90. The molecular weight excluding hydrogens is 264 g/mol. The summed E-state index contributed by atoms with van der Waals surface area (Å²) in [6.07, 6.45) is 4.23. The van der Waals surface area contributed by atoms with Crippen molar-refractivity contribution in [1.29, 1.82) is 0 Å². The molecule has 0 saturated carbocycles. The van der Waals surface area contributed by atoms with Crippen LogP contribution in [0.25, 0.3) is 5.65 Å². The van der Waals surface area contributed by atoms with Crippen LogP contribution in [-0.4, -0.2) is 41.0 Å². The van der Waals surface area contributed by atoms with E-state index in [0.717, 1.165) is 43.4 Å². The van der Waals surface area contributed by atoms with E-state index in [9.17, 15) is 4.79 Å². The molecule has 1 aliphatic rings. The van der Waals surface area contributed by atoms with Crippen molar-refractivity contribution in [2.75, 3.05) is 26.7 Å². The summed E-state index contributed by atoms with van der Waals surface area (Å²) in [7, 11) is 2.11. The lowest BCUT2D eigenvalue weighted by atomic mass is 9.98. The Morgan fingerprint density at radius 1 is 1.38 bits per heavy atom. The Morgan fingerprint density at radius 2 is 2.19 bits per heavy atom. The summed E-state index contributed by atoms with van der Waals surface area (Å²) in [6, 6.07) is 7.27. The predicted molar refractivity (Wildman–Crippen MR) is 83.4 cm³/mol. The molecule has 0 unspecified atom stereocenters. The summed E-state index contributed by atoms with van der Waals surface area (Å²) < 4.78 is 1.58. The van der Waals surface area contributed by atoms with Gasteiger partial charge >= 0.3 is 0 Å². The van der Waals surface area contributed by atoms with Crippen molar-refractivity contribution < 1.29 is 0 Å². The summed E-state index contributed by atoms with van der Waals surface area (Å²) in [6.45, 7) is 4.03. The van der Waals surface area contributed by atoms with Crippen LogP contribution in [0.15, 0.2) is 35.3 Å². The molecule has 1 N–H and O–H groups in total. The minimum atomic E-state index is -0.00846. The molecule has 0 amide bonds. The lowest BCUT2D eigenvalue weighted by molar-refractivity contribution is 0.232. The molecule has 1 saturated heterocycles. The molecule has 1 fully saturated rings. The first kappa shape index (κ1) is 14.2. The molecule has 112 valence electrons. The van der Waals surface area contributed by atoms with E-state index in [4.69, 9.17) is 0 Å². The maximum absolute atomic E-state index is 12.1. The van der Waals surface area contributed by atoms with Gasteiger partial charge in [0.05, 0.1) is 5.69 Å². The fraction of sp³-hybridized carbons (Fsp3) is 0.500. The minimum Gasteiger partial charge on any atom is -0.317 e. The molecule has 5 heteroatoms. The van der Waals surface area contributed by atoms with E-state index in [-0.39, 0.29) is 5.56 Å². The summed E-state index contributed by atoms with van der Waals surface area (Å²) in [5, 5.41) is 3.39. The van der Waals surface area contributed by atoms with Crippen molar-refractivity contribution >= 4 is 5.65 Å². The van der Waals surface area contributed by atoms with E-state index >= 15 is 0 Å². The average molecular weight is 286 g/mol. The van der Waals surface area contributed by atoms with E-state index in [0.29, 0.717) is 0 Å². The number of pyridine rings is 1. The lowest BCUT2D eigenvalue weighted by Crippen LogP contribution is -2.34. The van der Waals surface area contributed by atoms with Crippen molar-refractivity contribution in [1.82, 2.24) is 19.6 Å². The van der Waals surface area contributed by atoms with Gasteiger partial charge in [-0.1, -0.05) is 6.07 Å². The Morgan fingerprint density at radius 3 is 3.00 bits per heavy atom. The molecule has 3 heterocycles. The zero-order chi connectivity index (χ0) is 14.7. The first-order valence-electron chi connectivity index (χ1n) is 7.59. The predicted octanol–water partition coefficient (Wildman–Crippen LogP) is 1.13. The van der Waals surface area contributed by atoms with Gasteiger partial charge in [0.25, 0.3) is 5.56 Å². The summed E-state index contributed by atoms with van der Waals surface area (Å²) in [4.78, 5) is 18.9. The Bertz CT molecular complexity index is 661. The van der Waals surface area contributed by atoms with Crippen LogP contribution in [0.5, 0.6) is 0 Å². The zero-order valence-corrected chi connectivity index (χ0v) is 12.5. The van der Waals surface area contributed by atoms with Crippen molar-refractivity contribution in [2.24, 2.45) is 5.92 Å². The third kappa shape index (κ3) is 3.49. The van der Waals surface area contributed by atoms with E-state index in [2.05, 4.69) is 22.2 Å². The smallest absolute Gasteiger partial charge is 0.258 e. The van der Waals surface area contributed by atoms with Gasteiger partial charge in [-0.3, -0.25) is 9.20 Å². The van der Waals surface area contributed by atoms with Gasteiger partial charge < -0.3 is 10.2 Å². The average Bonchev–Trinajstić information content (AvgIpc) is 2.48. The topological polar surface area (TPSA) is 49.6 Å². The number of hydrogen-bond acceptors (Lipinski definition) is 4. The molecular formula is C16H22N4O. The van der Waals surface area contributed by atoms with Crippen LogP contribution in [0, 0.1) is 5.92 Å². The van der Waals surface area contributed by atoms with Gasteiger partial charge in [-0.15, -0.1) is 0 Å². The van der Waals surface area contributed by atoms with Gasteiger partial charge in [-0.05, 0) is 51.0 Å². The molecule has 2 aromatic heterocycles. The van der Waals surface area contributed by atoms with Crippen LogP contribution in [0.2, 0.25) is 0 Å². The Labute approximate surface area is 124 Å². The maximum atomic E-state index is 12.1. The first-order valence-corrected chi connectivity index (χ1v) is 7.59. The number of piperidine rings is 1. The summed E-state index contributed by atoms with van der Waals surface area (Å²) >= 11 is 0. The van der Waals surface area contributed by atoms with E-state index in [1.165, 1.54) is 12.8 Å². The van der Waals surface area contributed by atoms with Crippen LogP contribution in [-0.2, 0) is 6.54 Å². The van der Waals surface area contributed by atoms with Gasteiger partial charge in [0.15, 0.2) is 0 Å². The highest BCUT2D eigenvalue weighted by Gasteiger charge is 2.15. The molecule has 0 bridgehead atoms. The van der Waals surface area contributed by atoms with Crippen LogP contribution in [0.4, 0.5) is 0 Å². The standard InChI is InChI=1S/C16H22N4O/c1-19(11-13-5-7-17-8-6-13)12-14-10-16(21)20-9-3-2-4-15(20)18-14/h2-4,9-10,13,17H,5-8,11-12H2,1H3. The largest absolute Gasteiger partial charge is 0.317 e. The molecule has 0 atom stereocenters. The van der Waals surface area contributed by atoms with Gasteiger partial charge in [0.1, 0.15) is 5.65 Å². The van der Waals surface area contributed by atoms with Gasteiger partial charge in [0, 0.05) is 25.4 Å². The number of nitrogens with one attached hydrogen (secondary N) is 1. The van der Waals surface area contributed by atoms with Gasteiger partial charge in [0.2, 0.25) is 0 Å². The molecule has 0 aliphatic carbocycles. The highest BCUT2D eigenvalue weighted by atomic mass is 16.1. The highest BCUT2D eigenvalue weighted by molar-refractivity contribution is 5.37. The first-order chi connectivity index (χ1) is 10.2. The van der Waals surface area contributed by atoms with Crippen LogP contribution < -0.4 is 10.9 Å². The minimum absolute atomic E-state index is 0.00846. The molecule has 3 rings (SSSR count). The molecule has 2 aromatic rings. The monoisotopic (exact) mass is 286 g/mol. The summed E-state index contributed by atoms with van der Waals surface area (Å²) in [5.41, 5.74) is 1.56. The fourth-order valence-corrected chi connectivity index (χ4v) is 3.03. The normalized spacial score (nSPS) is 16.7. The third-order valence-electron chi connectivity index (χ3n) is 4.08. The van der Waals surface area contributed by atoms with Crippen molar-refractivity contribution in [3.05, 3.63) is 46.5 Å². The second-order valence-corrected chi connectivity index (χ2v) is 5.90. The van der Waals surface area contributed by atoms with Crippen molar-refractivity contribution in [3.63, 3.8) is 0 Å². The van der Waals surface area contributed by atoms with Gasteiger partial charge in [-0.25, -0.2) is 4.98 Å². The van der Waals surface area contributed by atoms with E-state index in [1.807, 2.05) is 18.2 Å². The van der Waals surface area contributed by atoms with Gasteiger partial charge in [-0.2, -0.15) is 0 Å². The molecule has 0 aromatic carbocycles. The number of rotatable bonds is 4. The molecule has 0 radical (unpaired) electrons. The van der Waals surface area contributed by atoms with Crippen LogP contribution >= 0.6 is 0 Å². The van der Waals surface area contributed by atoms with Crippen LogP contribution in [0.3, 0.4) is 0 Å². The van der Waals surface area contributed by atoms with E-state index in [1.54, 1.807) is 16.7 Å². The number of aromatic nitrogens is 2. The Kier molecular flexibility index (Phi) is 4.31. The Hall–Kier alpha value is -1.72. The number of nitrogens with zero attached hydrogens (tertiary/aromatic N) is 3. The molecule has 5 nitrogen and oxygen atoms in total. The lowest BCUT2D eigenvalue weighted by Gasteiger charge is -2.27. The zero-order valence-electron chi connectivity index (χ0n) is 12.5. The second kappa shape index (κ2) is 6.37. The molecule has 21 heavy (non-hydrogen) atoms. The SMILES string of the molecule is CN(Cc1cc(=O)n2ccccc2n1)CC1CCNCC1. The highest BCUT2D eigenvalue weighted by Crippen LogP contribution is 2.13. The molecule has 0 spiro atoms. The quantitative estimate of drug-likeness (QED) is 0.915. The molecule has 1 aliphatic heterocycles. The number of hydrogen-bond donors (Lipinski definition) is 1.